The molecule has 9 heteroatoms. The van der Waals surface area contributed by atoms with Crippen LogP contribution >= 0.6 is 0 Å². The average molecular weight is 575 g/mol. The van der Waals surface area contributed by atoms with Crippen LogP contribution in [0.5, 0.6) is 11.5 Å². The van der Waals surface area contributed by atoms with Gasteiger partial charge in [-0.25, -0.2) is 13.2 Å². The van der Waals surface area contributed by atoms with E-state index >= 15 is 0 Å². The third-order valence-electron chi connectivity index (χ3n) is 6.34. The van der Waals surface area contributed by atoms with Crippen LogP contribution in [0.25, 0.3) is 22.3 Å². The molecule has 0 fully saturated rings. The van der Waals surface area contributed by atoms with Crippen LogP contribution in [0, 0.1) is 17.5 Å². The van der Waals surface area contributed by atoms with E-state index in [2.05, 4.69) is 11.7 Å². The zero-order valence-electron chi connectivity index (χ0n) is 21.9. The van der Waals surface area contributed by atoms with Crippen molar-refractivity contribution in [3.05, 3.63) is 120 Å². The van der Waals surface area contributed by atoms with Gasteiger partial charge in [0.15, 0.2) is 23.6 Å². The third kappa shape index (κ3) is 7.48. The summed E-state index contributed by atoms with van der Waals surface area (Å²) in [6.45, 7) is 2.14. The second-order valence-corrected chi connectivity index (χ2v) is 9.29. The Kier molecular flexibility index (Phi) is 9.37. The van der Waals surface area contributed by atoms with Gasteiger partial charge < -0.3 is 9.47 Å². The maximum absolute atomic E-state index is 14.9. The number of rotatable bonds is 11. The summed E-state index contributed by atoms with van der Waals surface area (Å²) in [5, 5.41) is 0. The smallest absolute Gasteiger partial charge is 0.426 e. The molecule has 0 spiro atoms. The number of benzene rings is 4. The molecule has 0 aliphatic carbocycles. The number of hydrogen-bond donors (Lipinski definition) is 0. The molecule has 0 aromatic heterocycles. The average Bonchev–Trinajstić information content (AvgIpc) is 2.93. The lowest BCUT2D eigenvalue weighted by atomic mass is 10.0. The Bertz CT molecular complexity index is 1490. The summed E-state index contributed by atoms with van der Waals surface area (Å²) in [6.07, 6.45) is -1.89. The number of halogens is 7. The van der Waals surface area contributed by atoms with Gasteiger partial charge in [0.2, 0.25) is 0 Å². The summed E-state index contributed by atoms with van der Waals surface area (Å²) in [6, 6.07) is 17.4. The van der Waals surface area contributed by atoms with Gasteiger partial charge >= 0.3 is 12.2 Å². The molecule has 0 unspecified atom stereocenters. The van der Waals surface area contributed by atoms with E-state index in [1.165, 1.54) is 29.8 Å². The zero-order valence-corrected chi connectivity index (χ0v) is 21.9. The van der Waals surface area contributed by atoms with Crippen molar-refractivity contribution in [3.63, 3.8) is 0 Å². The van der Waals surface area contributed by atoms with E-state index in [0.29, 0.717) is 18.2 Å². The van der Waals surface area contributed by atoms with Gasteiger partial charge in [-0.3, -0.25) is 0 Å². The first-order valence-electron chi connectivity index (χ1n) is 12.8. The van der Waals surface area contributed by atoms with Gasteiger partial charge in [-0.2, -0.15) is 17.6 Å². The molecule has 0 atom stereocenters. The fourth-order valence-corrected chi connectivity index (χ4v) is 4.23. The molecule has 41 heavy (non-hydrogen) atoms. The Morgan fingerprint density at radius 1 is 0.732 bits per heavy atom. The highest BCUT2D eigenvalue weighted by molar-refractivity contribution is 5.66. The van der Waals surface area contributed by atoms with E-state index in [-0.39, 0.29) is 17.4 Å². The number of hydrogen-bond acceptors (Lipinski definition) is 2. The first-order chi connectivity index (χ1) is 19.6. The largest absolute Gasteiger partial charge is 0.453 e. The first kappa shape index (κ1) is 29.7. The lowest BCUT2D eigenvalue weighted by Crippen LogP contribution is -2.21. The lowest BCUT2D eigenvalue weighted by molar-refractivity contribution is -0.185. The van der Waals surface area contributed by atoms with E-state index in [9.17, 15) is 30.7 Å². The van der Waals surface area contributed by atoms with Gasteiger partial charge in [-0.05, 0) is 71.5 Å². The number of unbranched alkanes of at least 4 members (excludes halogenated alkanes) is 2. The van der Waals surface area contributed by atoms with Crippen LogP contribution in [0.3, 0.4) is 0 Å². The molecular weight excluding hydrogens is 549 g/mol. The Labute approximate surface area is 232 Å². The van der Waals surface area contributed by atoms with Crippen molar-refractivity contribution in [1.82, 2.24) is 0 Å². The summed E-state index contributed by atoms with van der Waals surface area (Å²) < 4.78 is 106. The quantitative estimate of drug-likeness (QED) is 0.101. The van der Waals surface area contributed by atoms with Crippen LogP contribution in [-0.2, 0) is 12.5 Å². The molecule has 0 amide bonds. The second-order valence-electron chi connectivity index (χ2n) is 9.29. The molecule has 4 aromatic carbocycles. The summed E-state index contributed by atoms with van der Waals surface area (Å²) in [7, 11) is 0. The van der Waals surface area contributed by atoms with E-state index in [1.807, 2.05) is 24.3 Å². The van der Waals surface area contributed by atoms with Crippen LogP contribution in [-0.4, -0.2) is 0 Å². The van der Waals surface area contributed by atoms with Crippen LogP contribution in [0.4, 0.5) is 30.7 Å². The first-order valence-corrected chi connectivity index (χ1v) is 12.8. The molecule has 0 aliphatic rings. The number of alkyl halides is 2. The number of aryl methyl sites for hydroxylation is 1. The highest BCUT2D eigenvalue weighted by Gasteiger charge is 2.34. The fraction of sp³-hybridized carbons (Fsp3) is 0.188. The minimum absolute atomic E-state index is 0.145. The molecule has 0 aliphatic heterocycles. The van der Waals surface area contributed by atoms with Gasteiger partial charge in [0.05, 0.1) is 5.56 Å². The number of ether oxygens (including phenoxy) is 2. The van der Waals surface area contributed by atoms with Gasteiger partial charge in [0, 0.05) is 11.6 Å². The van der Waals surface area contributed by atoms with E-state index in [1.54, 1.807) is 0 Å². The monoisotopic (exact) mass is 574 g/mol. The van der Waals surface area contributed by atoms with Gasteiger partial charge in [0.1, 0.15) is 11.6 Å². The molecule has 4 rings (SSSR count). The van der Waals surface area contributed by atoms with Crippen molar-refractivity contribution in [2.75, 3.05) is 0 Å². The molecule has 214 valence electrons. The topological polar surface area (TPSA) is 18.5 Å². The van der Waals surface area contributed by atoms with E-state index < -0.39 is 46.7 Å². The van der Waals surface area contributed by atoms with Crippen molar-refractivity contribution >= 4 is 0 Å². The third-order valence-corrected chi connectivity index (χ3v) is 6.34. The van der Waals surface area contributed by atoms with Crippen LogP contribution < -0.4 is 9.47 Å². The van der Waals surface area contributed by atoms with Crippen LogP contribution in [0.1, 0.15) is 37.3 Å². The summed E-state index contributed by atoms with van der Waals surface area (Å²) >= 11 is 0. The Morgan fingerprint density at radius 3 is 1.90 bits per heavy atom. The predicted octanol–water partition coefficient (Wildman–Crippen LogP) is 10.4. The Balaban J connectivity index is 1.47. The van der Waals surface area contributed by atoms with E-state index in [4.69, 9.17) is 4.74 Å². The SMILES string of the molecule is CCCCCc1ccc(-c2ccc(C(F)(F)Oc3ccc(-c4cc(F)c(OC=C(F)F)c(F)c4)c(F)c3)cc2)cc1. The molecule has 0 saturated heterocycles. The fourth-order valence-electron chi connectivity index (χ4n) is 4.23. The van der Waals surface area contributed by atoms with Crippen molar-refractivity contribution in [3.8, 4) is 33.8 Å². The summed E-state index contributed by atoms with van der Waals surface area (Å²) in [4.78, 5) is 0. The summed E-state index contributed by atoms with van der Waals surface area (Å²) in [5.74, 6) is -5.46. The molecule has 0 N–H and O–H groups in total. The van der Waals surface area contributed by atoms with Gasteiger partial charge in [0.25, 0.3) is 0 Å². The van der Waals surface area contributed by atoms with Crippen molar-refractivity contribution in [2.45, 2.75) is 38.7 Å². The molecule has 2 nitrogen and oxygen atoms in total. The van der Waals surface area contributed by atoms with Gasteiger partial charge in [-0.15, -0.1) is 0 Å². The normalized spacial score (nSPS) is 11.3. The van der Waals surface area contributed by atoms with E-state index in [0.717, 1.165) is 48.9 Å². The maximum atomic E-state index is 14.9. The van der Waals surface area contributed by atoms with Crippen molar-refractivity contribution in [1.29, 1.82) is 0 Å². The Hall–Kier alpha value is -4.27. The minimum atomic E-state index is -3.81. The molecule has 0 bridgehead atoms. The minimum Gasteiger partial charge on any atom is -0.453 e. The van der Waals surface area contributed by atoms with Crippen molar-refractivity contribution < 1.29 is 40.2 Å². The standard InChI is InChI=1S/C32H25F7O2/c1-2-3-4-5-20-6-8-21(9-7-20)22-10-12-24(13-11-22)32(38,39)41-25-14-15-26(27(33)18-25)23-16-28(34)31(29(35)17-23)40-19-30(36)37/h6-19H,2-5H2,1H3. The highest BCUT2D eigenvalue weighted by Crippen LogP contribution is 2.36. The second kappa shape index (κ2) is 12.9. The van der Waals surface area contributed by atoms with Crippen LogP contribution in [0.2, 0.25) is 0 Å². The molecule has 0 heterocycles. The zero-order chi connectivity index (χ0) is 29.6. The predicted molar refractivity (Wildman–Crippen MR) is 142 cm³/mol. The highest BCUT2D eigenvalue weighted by atomic mass is 19.3. The molecule has 4 aromatic rings. The van der Waals surface area contributed by atoms with Gasteiger partial charge in [-0.1, -0.05) is 56.2 Å². The van der Waals surface area contributed by atoms with Crippen LogP contribution in [0.15, 0.2) is 91.2 Å². The molecule has 0 saturated carbocycles. The Morgan fingerprint density at radius 2 is 1.34 bits per heavy atom. The molecular formula is C32H25F7O2. The lowest BCUT2D eigenvalue weighted by Gasteiger charge is -2.19. The van der Waals surface area contributed by atoms with Crippen molar-refractivity contribution in [2.24, 2.45) is 0 Å². The summed E-state index contributed by atoms with van der Waals surface area (Å²) in [5.41, 5.74) is 1.72. The maximum Gasteiger partial charge on any atom is 0.426 e. The molecule has 0 radical (unpaired) electrons.